The van der Waals surface area contributed by atoms with Gasteiger partial charge in [0, 0.05) is 72.8 Å². The van der Waals surface area contributed by atoms with Crippen molar-refractivity contribution in [3.63, 3.8) is 0 Å². The van der Waals surface area contributed by atoms with Gasteiger partial charge >= 0.3 is 0 Å². The van der Waals surface area contributed by atoms with Gasteiger partial charge in [-0.25, -0.2) is 0 Å². The monoisotopic (exact) mass is 783 g/mol. The van der Waals surface area contributed by atoms with E-state index in [9.17, 15) is 0 Å². The number of hydrogen-bond donors (Lipinski definition) is 0. The summed E-state index contributed by atoms with van der Waals surface area (Å²) in [6, 6.07) is 76.4. The number of rotatable bonds is 7. The largest absolute Gasteiger partial charge is 0.456 e. The van der Waals surface area contributed by atoms with Gasteiger partial charge in [0.1, 0.15) is 11.2 Å². The van der Waals surface area contributed by atoms with Gasteiger partial charge in [0.15, 0.2) is 0 Å². The third kappa shape index (κ3) is 5.46. The molecule has 4 heteroatoms. The van der Waals surface area contributed by atoms with Gasteiger partial charge in [-0.05, 0) is 119 Å². The Morgan fingerprint density at radius 2 is 0.918 bits per heavy atom. The van der Waals surface area contributed by atoms with Crippen LogP contribution >= 0.6 is 0 Å². The number of furan rings is 1. The molecule has 11 aromatic rings. The summed E-state index contributed by atoms with van der Waals surface area (Å²) in [5.41, 5.74) is 16.9. The number of benzene rings is 9. The lowest BCUT2D eigenvalue weighted by Crippen LogP contribution is -2.15. The second-order valence-corrected chi connectivity index (χ2v) is 16.6. The highest BCUT2D eigenvalue weighted by Crippen LogP contribution is 2.54. The van der Waals surface area contributed by atoms with Crippen molar-refractivity contribution in [3.8, 4) is 16.8 Å². The number of para-hydroxylation sites is 4. The molecule has 1 aliphatic carbocycles. The Morgan fingerprint density at radius 1 is 0.393 bits per heavy atom. The summed E-state index contributed by atoms with van der Waals surface area (Å²) < 4.78 is 8.85. The van der Waals surface area contributed by atoms with Crippen molar-refractivity contribution in [2.24, 2.45) is 0 Å². The maximum Gasteiger partial charge on any atom is 0.137 e. The van der Waals surface area contributed by atoms with E-state index in [-0.39, 0.29) is 5.41 Å². The SMILES string of the molecule is CC1(C)c2ccccc2-c2ccc3c(c21)c1ccc(N(c2ccccc2)c2ccccc2)cc1n3-c1ccc(N(c2ccccc2)c2ccc3c(c2)oc2ccccc23)cc1. The van der Waals surface area contributed by atoms with Crippen LogP contribution in [-0.4, -0.2) is 4.57 Å². The third-order valence-electron chi connectivity index (χ3n) is 12.7. The van der Waals surface area contributed by atoms with E-state index in [1.807, 2.05) is 12.1 Å². The minimum atomic E-state index is -0.176. The van der Waals surface area contributed by atoms with Crippen LogP contribution in [0.4, 0.5) is 34.1 Å². The zero-order chi connectivity index (χ0) is 40.7. The van der Waals surface area contributed by atoms with Crippen molar-refractivity contribution in [3.05, 3.63) is 223 Å². The highest BCUT2D eigenvalue weighted by atomic mass is 16.3. The van der Waals surface area contributed by atoms with E-state index in [0.29, 0.717) is 0 Å². The minimum absolute atomic E-state index is 0.176. The van der Waals surface area contributed by atoms with Crippen LogP contribution in [0, 0.1) is 0 Å². The first kappa shape index (κ1) is 35.2. The van der Waals surface area contributed by atoms with Crippen LogP contribution < -0.4 is 9.80 Å². The average Bonchev–Trinajstić information content (AvgIpc) is 3.92. The van der Waals surface area contributed by atoms with Gasteiger partial charge in [-0.3, -0.25) is 0 Å². The fourth-order valence-corrected chi connectivity index (χ4v) is 10.0. The molecule has 0 unspecified atom stereocenters. The summed E-state index contributed by atoms with van der Waals surface area (Å²) in [6.45, 7) is 4.77. The summed E-state index contributed by atoms with van der Waals surface area (Å²) in [4.78, 5) is 4.66. The summed E-state index contributed by atoms with van der Waals surface area (Å²) in [5, 5.41) is 4.79. The molecular formula is C57H41N3O. The van der Waals surface area contributed by atoms with Crippen LogP contribution in [0.1, 0.15) is 25.0 Å². The normalized spacial score (nSPS) is 12.9. The molecular weight excluding hydrogens is 743 g/mol. The summed E-state index contributed by atoms with van der Waals surface area (Å²) in [6.07, 6.45) is 0. The minimum Gasteiger partial charge on any atom is -0.456 e. The third-order valence-corrected chi connectivity index (χ3v) is 12.7. The molecule has 0 radical (unpaired) electrons. The molecule has 61 heavy (non-hydrogen) atoms. The van der Waals surface area contributed by atoms with E-state index in [2.05, 4.69) is 228 Å². The summed E-state index contributed by atoms with van der Waals surface area (Å²) in [5.74, 6) is 0. The second kappa shape index (κ2) is 13.6. The number of anilines is 6. The number of fused-ring (bicyclic) bond motifs is 10. The molecule has 0 N–H and O–H groups in total. The van der Waals surface area contributed by atoms with Crippen LogP contribution in [0.5, 0.6) is 0 Å². The summed E-state index contributed by atoms with van der Waals surface area (Å²) >= 11 is 0. The lowest BCUT2D eigenvalue weighted by molar-refractivity contribution is 0.666. The van der Waals surface area contributed by atoms with E-state index in [1.54, 1.807) is 0 Å². The van der Waals surface area contributed by atoms with E-state index < -0.39 is 0 Å². The molecule has 0 atom stereocenters. The van der Waals surface area contributed by atoms with Crippen molar-refractivity contribution in [2.45, 2.75) is 19.3 Å². The van der Waals surface area contributed by atoms with Gasteiger partial charge in [-0.15, -0.1) is 0 Å². The first-order valence-electron chi connectivity index (χ1n) is 21.0. The Morgan fingerprint density at radius 3 is 1.59 bits per heavy atom. The molecule has 290 valence electrons. The second-order valence-electron chi connectivity index (χ2n) is 16.6. The smallest absolute Gasteiger partial charge is 0.137 e. The van der Waals surface area contributed by atoms with Crippen molar-refractivity contribution in [1.29, 1.82) is 0 Å². The van der Waals surface area contributed by atoms with Crippen molar-refractivity contribution in [1.82, 2.24) is 4.57 Å². The molecule has 0 saturated heterocycles. The quantitative estimate of drug-likeness (QED) is 0.161. The Kier molecular flexibility index (Phi) is 7.85. The Labute approximate surface area is 354 Å². The molecule has 2 heterocycles. The summed E-state index contributed by atoms with van der Waals surface area (Å²) in [7, 11) is 0. The highest BCUT2D eigenvalue weighted by molar-refractivity contribution is 6.15. The average molecular weight is 784 g/mol. The molecule has 0 amide bonds. The Balaban J connectivity index is 1.07. The predicted octanol–water partition coefficient (Wildman–Crippen LogP) is 15.9. The zero-order valence-corrected chi connectivity index (χ0v) is 34.0. The van der Waals surface area contributed by atoms with E-state index in [4.69, 9.17) is 4.42 Å². The first-order chi connectivity index (χ1) is 30.0. The Bertz CT molecular complexity index is 3400. The number of nitrogens with zero attached hydrogens (tertiary/aromatic N) is 3. The van der Waals surface area contributed by atoms with E-state index >= 15 is 0 Å². The van der Waals surface area contributed by atoms with Gasteiger partial charge in [-0.1, -0.05) is 123 Å². The topological polar surface area (TPSA) is 24.6 Å². The van der Waals surface area contributed by atoms with Crippen molar-refractivity contribution in [2.75, 3.05) is 9.80 Å². The molecule has 1 aliphatic rings. The van der Waals surface area contributed by atoms with E-state index in [0.717, 1.165) is 67.3 Å². The highest BCUT2D eigenvalue weighted by Gasteiger charge is 2.38. The first-order valence-corrected chi connectivity index (χ1v) is 21.0. The van der Waals surface area contributed by atoms with Crippen molar-refractivity contribution >= 4 is 77.9 Å². The van der Waals surface area contributed by atoms with Crippen LogP contribution in [0.25, 0.3) is 60.6 Å². The van der Waals surface area contributed by atoms with Gasteiger partial charge in [0.25, 0.3) is 0 Å². The molecule has 0 bridgehead atoms. The maximum atomic E-state index is 6.38. The molecule has 0 saturated carbocycles. The molecule has 12 rings (SSSR count). The number of hydrogen-bond acceptors (Lipinski definition) is 3. The van der Waals surface area contributed by atoms with Gasteiger partial charge in [0.2, 0.25) is 0 Å². The lowest BCUT2D eigenvalue weighted by atomic mass is 9.80. The van der Waals surface area contributed by atoms with Crippen molar-refractivity contribution < 1.29 is 4.42 Å². The maximum absolute atomic E-state index is 6.38. The van der Waals surface area contributed by atoms with Gasteiger partial charge in [0.05, 0.1) is 11.0 Å². The molecule has 9 aromatic carbocycles. The fraction of sp³-hybridized carbons (Fsp3) is 0.0526. The molecule has 0 spiro atoms. The zero-order valence-electron chi connectivity index (χ0n) is 34.0. The predicted molar refractivity (Wildman–Crippen MR) is 255 cm³/mol. The van der Waals surface area contributed by atoms with Crippen LogP contribution in [0.15, 0.2) is 217 Å². The Hall–Kier alpha value is -7.82. The van der Waals surface area contributed by atoms with E-state index in [1.165, 1.54) is 38.5 Å². The van der Waals surface area contributed by atoms with Crippen LogP contribution in [-0.2, 0) is 5.41 Å². The number of aromatic nitrogens is 1. The van der Waals surface area contributed by atoms with Crippen LogP contribution in [0.2, 0.25) is 0 Å². The molecule has 4 nitrogen and oxygen atoms in total. The molecule has 2 aromatic heterocycles. The fourth-order valence-electron chi connectivity index (χ4n) is 10.0. The van der Waals surface area contributed by atoms with Gasteiger partial charge < -0.3 is 18.8 Å². The van der Waals surface area contributed by atoms with Gasteiger partial charge in [-0.2, -0.15) is 0 Å². The molecule has 0 aliphatic heterocycles. The molecule has 0 fully saturated rings. The standard InChI is InChI=1S/C57H41N3O/c1-57(2)50-24-14-12-22-45(50)48-34-35-51-55(56(48)57)49-33-31-43(58(38-16-6-3-7-17-38)39-18-8-4-9-19-39)36-52(49)60(51)42-28-26-41(27-29-42)59(40-20-10-5-11-21-40)44-30-32-47-46-23-13-15-25-53(46)61-54(47)37-44/h3-37H,1-2H3. The van der Waals surface area contributed by atoms with Crippen LogP contribution in [0.3, 0.4) is 0 Å². The lowest BCUT2D eigenvalue weighted by Gasteiger charge is -2.26.